The number of sulfonamides is 1. The van der Waals surface area contributed by atoms with Gasteiger partial charge < -0.3 is 9.42 Å². The summed E-state index contributed by atoms with van der Waals surface area (Å²) in [5.41, 5.74) is 0.371. The van der Waals surface area contributed by atoms with Crippen LogP contribution in [0.2, 0.25) is 0 Å². The molecule has 0 aliphatic carbocycles. The molecule has 0 unspecified atom stereocenters. The van der Waals surface area contributed by atoms with E-state index < -0.39 is 10.0 Å². The van der Waals surface area contributed by atoms with Gasteiger partial charge in [-0.2, -0.15) is 4.31 Å². The average Bonchev–Trinajstić information content (AvgIpc) is 3.15. The van der Waals surface area contributed by atoms with Gasteiger partial charge in [0.2, 0.25) is 15.9 Å². The van der Waals surface area contributed by atoms with E-state index in [-0.39, 0.29) is 17.3 Å². The van der Waals surface area contributed by atoms with Crippen molar-refractivity contribution in [1.82, 2.24) is 14.4 Å². The molecule has 1 saturated heterocycles. The van der Waals surface area contributed by atoms with Crippen LogP contribution in [0.1, 0.15) is 29.2 Å². The number of hydrogen-bond donors (Lipinski definition) is 0. The van der Waals surface area contributed by atoms with Crippen LogP contribution >= 0.6 is 11.3 Å². The molecule has 0 saturated carbocycles. The van der Waals surface area contributed by atoms with Crippen LogP contribution in [0.4, 0.5) is 0 Å². The Morgan fingerprint density at radius 2 is 2.08 bits per heavy atom. The van der Waals surface area contributed by atoms with E-state index in [9.17, 15) is 13.2 Å². The first-order valence-corrected chi connectivity index (χ1v) is 10.9. The Hall–Kier alpha value is -1.71. The molecule has 1 aliphatic rings. The van der Waals surface area contributed by atoms with Crippen LogP contribution < -0.4 is 0 Å². The van der Waals surface area contributed by atoms with E-state index in [1.807, 2.05) is 17.5 Å². The third-order valence-electron chi connectivity index (χ3n) is 4.54. The van der Waals surface area contributed by atoms with Crippen molar-refractivity contribution in [2.24, 2.45) is 0 Å². The van der Waals surface area contributed by atoms with Crippen molar-refractivity contribution in [2.45, 2.75) is 38.0 Å². The zero-order chi connectivity index (χ0) is 18.7. The average molecular weight is 398 g/mol. The molecule has 0 bridgehead atoms. The van der Waals surface area contributed by atoms with E-state index in [0.29, 0.717) is 43.9 Å². The summed E-state index contributed by atoms with van der Waals surface area (Å²) in [7, 11) is -3.66. The fourth-order valence-electron chi connectivity index (χ4n) is 3.20. The van der Waals surface area contributed by atoms with Gasteiger partial charge in [0.1, 0.15) is 10.6 Å². The van der Waals surface area contributed by atoms with Crippen molar-refractivity contribution < 1.29 is 17.7 Å². The van der Waals surface area contributed by atoms with Crippen molar-refractivity contribution in [1.29, 1.82) is 0 Å². The predicted octanol–water partition coefficient (Wildman–Crippen LogP) is 2.21. The van der Waals surface area contributed by atoms with Gasteiger partial charge >= 0.3 is 0 Å². The van der Waals surface area contributed by atoms with Gasteiger partial charge in [-0.1, -0.05) is 11.2 Å². The second-order valence-electron chi connectivity index (χ2n) is 6.37. The monoisotopic (exact) mass is 397 g/mol. The molecule has 1 fully saturated rings. The summed E-state index contributed by atoms with van der Waals surface area (Å²) in [5, 5.41) is 5.75. The number of thiophene rings is 1. The highest BCUT2D eigenvalue weighted by atomic mass is 32.2. The minimum absolute atomic E-state index is 0.0787. The van der Waals surface area contributed by atoms with Crippen molar-refractivity contribution in [3.05, 3.63) is 33.8 Å². The Balaban J connectivity index is 1.63. The van der Waals surface area contributed by atoms with Gasteiger partial charge in [0.05, 0.1) is 0 Å². The number of aromatic nitrogens is 1. The first-order chi connectivity index (χ1) is 12.4. The summed E-state index contributed by atoms with van der Waals surface area (Å²) in [4.78, 5) is 15.6. The Morgan fingerprint density at radius 1 is 1.27 bits per heavy atom. The van der Waals surface area contributed by atoms with Crippen LogP contribution in [0.25, 0.3) is 0 Å². The Morgan fingerprint density at radius 3 is 2.73 bits per heavy atom. The lowest BCUT2D eigenvalue weighted by Gasteiger charge is -2.22. The van der Waals surface area contributed by atoms with E-state index >= 15 is 0 Å². The molecule has 142 valence electrons. The summed E-state index contributed by atoms with van der Waals surface area (Å²) in [6, 6.07) is 4.01. The molecule has 3 heterocycles. The van der Waals surface area contributed by atoms with Gasteiger partial charge in [-0.15, -0.1) is 11.3 Å². The van der Waals surface area contributed by atoms with Crippen LogP contribution in [0, 0.1) is 13.8 Å². The second-order valence-corrected chi connectivity index (χ2v) is 9.28. The Kier molecular flexibility index (Phi) is 5.79. The quantitative estimate of drug-likeness (QED) is 0.772. The number of aryl methyl sites for hydroxylation is 3. The standard InChI is InChI=1S/C17H23N3O4S2/c1-13-17(14(2)24-18-13)26(22,23)20-9-4-8-19(10-11-20)16(21)7-6-15-5-3-12-25-15/h3,5,12H,4,6-11H2,1-2H3. The van der Waals surface area contributed by atoms with Crippen LogP contribution in [0.15, 0.2) is 26.9 Å². The third kappa shape index (κ3) is 3.99. The minimum Gasteiger partial charge on any atom is -0.360 e. The van der Waals surface area contributed by atoms with Gasteiger partial charge in [0, 0.05) is 37.5 Å². The summed E-state index contributed by atoms with van der Waals surface area (Å²) >= 11 is 1.65. The largest absolute Gasteiger partial charge is 0.360 e. The second kappa shape index (κ2) is 7.89. The molecule has 0 spiro atoms. The third-order valence-corrected chi connectivity index (χ3v) is 7.62. The van der Waals surface area contributed by atoms with Crippen molar-refractivity contribution in [2.75, 3.05) is 26.2 Å². The minimum atomic E-state index is -3.66. The first kappa shape index (κ1) is 19.1. The van der Waals surface area contributed by atoms with Crippen LogP contribution in [-0.4, -0.2) is 54.9 Å². The van der Waals surface area contributed by atoms with E-state index in [1.165, 1.54) is 9.18 Å². The van der Waals surface area contributed by atoms with Gasteiger partial charge in [-0.3, -0.25) is 4.79 Å². The highest BCUT2D eigenvalue weighted by Gasteiger charge is 2.32. The van der Waals surface area contributed by atoms with E-state index in [2.05, 4.69) is 5.16 Å². The molecule has 0 N–H and O–H groups in total. The number of hydrogen-bond acceptors (Lipinski definition) is 6. The lowest BCUT2D eigenvalue weighted by atomic mass is 10.2. The number of amides is 1. The summed E-state index contributed by atoms with van der Waals surface area (Å²) in [5.74, 6) is 0.380. The van der Waals surface area contributed by atoms with Crippen LogP contribution in [0.5, 0.6) is 0 Å². The van der Waals surface area contributed by atoms with E-state index in [1.54, 1.807) is 30.1 Å². The zero-order valence-corrected chi connectivity index (χ0v) is 16.6. The van der Waals surface area contributed by atoms with Crippen molar-refractivity contribution in [3.8, 4) is 0 Å². The lowest BCUT2D eigenvalue weighted by Crippen LogP contribution is -2.37. The highest BCUT2D eigenvalue weighted by Crippen LogP contribution is 2.24. The van der Waals surface area contributed by atoms with E-state index in [0.717, 1.165) is 6.42 Å². The molecule has 1 aliphatic heterocycles. The topological polar surface area (TPSA) is 83.7 Å². The normalized spacial score (nSPS) is 16.6. The molecule has 0 aromatic carbocycles. The van der Waals surface area contributed by atoms with Crippen molar-refractivity contribution in [3.63, 3.8) is 0 Å². The van der Waals surface area contributed by atoms with Crippen molar-refractivity contribution >= 4 is 27.3 Å². The fourth-order valence-corrected chi connectivity index (χ4v) is 5.67. The van der Waals surface area contributed by atoms with Gasteiger partial charge in [-0.05, 0) is 38.1 Å². The maximum atomic E-state index is 12.9. The number of rotatable bonds is 5. The van der Waals surface area contributed by atoms with Gasteiger partial charge in [-0.25, -0.2) is 8.42 Å². The highest BCUT2D eigenvalue weighted by molar-refractivity contribution is 7.89. The summed E-state index contributed by atoms with van der Waals surface area (Å²) in [6.07, 6.45) is 1.80. The molecular weight excluding hydrogens is 374 g/mol. The molecule has 0 radical (unpaired) electrons. The molecule has 3 rings (SSSR count). The Bertz CT molecular complexity index is 839. The van der Waals surface area contributed by atoms with Gasteiger partial charge in [0.25, 0.3) is 0 Å². The molecule has 0 atom stereocenters. The Labute approximate surface area is 157 Å². The molecule has 1 amide bonds. The summed E-state index contributed by atoms with van der Waals surface area (Å²) < 4.78 is 32.3. The maximum absolute atomic E-state index is 12.9. The van der Waals surface area contributed by atoms with Gasteiger partial charge in [0.15, 0.2) is 5.76 Å². The molecule has 7 nitrogen and oxygen atoms in total. The summed E-state index contributed by atoms with van der Waals surface area (Å²) in [6.45, 7) is 4.90. The molecule has 2 aromatic heterocycles. The maximum Gasteiger partial charge on any atom is 0.248 e. The van der Waals surface area contributed by atoms with E-state index in [4.69, 9.17) is 4.52 Å². The number of carbonyl (C=O) groups excluding carboxylic acids is 1. The first-order valence-electron chi connectivity index (χ1n) is 8.63. The lowest BCUT2D eigenvalue weighted by molar-refractivity contribution is -0.131. The molecular formula is C17H23N3O4S2. The SMILES string of the molecule is Cc1noc(C)c1S(=O)(=O)N1CCCN(C(=O)CCc2cccs2)CC1. The fraction of sp³-hybridized carbons (Fsp3) is 0.529. The molecule has 26 heavy (non-hydrogen) atoms. The number of nitrogens with zero attached hydrogens (tertiary/aromatic N) is 3. The predicted molar refractivity (Wildman–Crippen MR) is 98.6 cm³/mol. The molecule has 9 heteroatoms. The smallest absolute Gasteiger partial charge is 0.248 e. The van der Waals surface area contributed by atoms with Crippen LogP contribution in [-0.2, 0) is 21.2 Å². The number of carbonyl (C=O) groups is 1. The molecule has 2 aromatic rings. The zero-order valence-electron chi connectivity index (χ0n) is 15.0. The van der Waals surface area contributed by atoms with Crippen LogP contribution in [0.3, 0.4) is 0 Å².